The van der Waals surface area contributed by atoms with Crippen molar-refractivity contribution in [2.75, 3.05) is 25.0 Å². The molecular formula is C18H30N2. The molecule has 2 rings (SSSR count). The van der Waals surface area contributed by atoms with E-state index in [0.29, 0.717) is 6.04 Å². The first kappa shape index (κ1) is 15.4. The number of piperidine rings is 1. The van der Waals surface area contributed by atoms with Crippen molar-refractivity contribution in [2.45, 2.75) is 52.5 Å². The Bertz CT molecular complexity index is 394. The highest BCUT2D eigenvalue weighted by Gasteiger charge is 2.23. The standard InChI is InChI=1S/C18H30N2/c1-4-11-20-12-9-17(10-13-20)15(3)19-18-8-6-7-16(5-2)14-18/h6-8,14-15,17,19H,4-5,9-13H2,1-3H3. The average molecular weight is 274 g/mol. The molecule has 0 amide bonds. The van der Waals surface area contributed by atoms with Gasteiger partial charge in [0, 0.05) is 11.7 Å². The highest BCUT2D eigenvalue weighted by atomic mass is 15.1. The Kier molecular flexibility index (Phi) is 5.90. The second-order valence-electron chi connectivity index (χ2n) is 6.17. The molecule has 2 heteroatoms. The van der Waals surface area contributed by atoms with Crippen molar-refractivity contribution in [2.24, 2.45) is 5.92 Å². The molecule has 0 radical (unpaired) electrons. The topological polar surface area (TPSA) is 15.3 Å². The van der Waals surface area contributed by atoms with Gasteiger partial charge in [-0.2, -0.15) is 0 Å². The third-order valence-corrected chi connectivity index (χ3v) is 4.61. The number of benzene rings is 1. The number of nitrogens with one attached hydrogen (secondary N) is 1. The molecule has 0 bridgehead atoms. The molecular weight excluding hydrogens is 244 g/mol. The number of aryl methyl sites for hydroxylation is 1. The summed E-state index contributed by atoms with van der Waals surface area (Å²) in [5, 5.41) is 3.71. The van der Waals surface area contributed by atoms with E-state index in [1.54, 1.807) is 0 Å². The van der Waals surface area contributed by atoms with Gasteiger partial charge in [-0.25, -0.2) is 0 Å². The third-order valence-electron chi connectivity index (χ3n) is 4.61. The fourth-order valence-corrected chi connectivity index (χ4v) is 3.25. The van der Waals surface area contributed by atoms with Crippen LogP contribution in [0, 0.1) is 5.92 Å². The summed E-state index contributed by atoms with van der Waals surface area (Å²) in [6.07, 6.45) is 5.06. The van der Waals surface area contributed by atoms with Crippen LogP contribution in [0.15, 0.2) is 24.3 Å². The number of rotatable bonds is 6. The Morgan fingerprint density at radius 1 is 1.25 bits per heavy atom. The van der Waals surface area contributed by atoms with Gasteiger partial charge in [-0.05, 0) is 75.9 Å². The molecule has 1 atom stereocenters. The van der Waals surface area contributed by atoms with Gasteiger partial charge in [0.15, 0.2) is 0 Å². The summed E-state index contributed by atoms with van der Waals surface area (Å²) in [5.41, 5.74) is 2.70. The molecule has 1 N–H and O–H groups in total. The van der Waals surface area contributed by atoms with E-state index in [2.05, 4.69) is 55.3 Å². The Labute approximate surface area is 124 Å². The predicted molar refractivity (Wildman–Crippen MR) is 88.4 cm³/mol. The normalized spacial score (nSPS) is 18.9. The van der Waals surface area contributed by atoms with Gasteiger partial charge in [-0.3, -0.25) is 0 Å². The van der Waals surface area contributed by atoms with Gasteiger partial charge >= 0.3 is 0 Å². The Morgan fingerprint density at radius 2 is 2.00 bits per heavy atom. The molecule has 1 fully saturated rings. The number of hydrogen-bond acceptors (Lipinski definition) is 2. The zero-order chi connectivity index (χ0) is 14.4. The van der Waals surface area contributed by atoms with E-state index in [0.717, 1.165) is 12.3 Å². The molecule has 0 aromatic heterocycles. The van der Waals surface area contributed by atoms with Gasteiger partial charge in [-0.15, -0.1) is 0 Å². The van der Waals surface area contributed by atoms with Crippen LogP contribution in [-0.2, 0) is 6.42 Å². The summed E-state index contributed by atoms with van der Waals surface area (Å²) in [6, 6.07) is 9.44. The molecule has 20 heavy (non-hydrogen) atoms. The zero-order valence-corrected chi connectivity index (χ0v) is 13.4. The van der Waals surface area contributed by atoms with Crippen molar-refractivity contribution in [1.82, 2.24) is 4.90 Å². The van der Waals surface area contributed by atoms with Crippen molar-refractivity contribution in [1.29, 1.82) is 0 Å². The first-order chi connectivity index (χ1) is 9.72. The molecule has 0 aliphatic carbocycles. The van der Waals surface area contributed by atoms with Crippen molar-refractivity contribution in [3.05, 3.63) is 29.8 Å². The first-order valence-electron chi connectivity index (χ1n) is 8.30. The molecule has 112 valence electrons. The summed E-state index contributed by atoms with van der Waals surface area (Å²) in [7, 11) is 0. The first-order valence-corrected chi connectivity index (χ1v) is 8.30. The maximum absolute atomic E-state index is 3.71. The van der Waals surface area contributed by atoms with Crippen LogP contribution in [0.25, 0.3) is 0 Å². The lowest BCUT2D eigenvalue weighted by atomic mass is 9.90. The lowest BCUT2D eigenvalue weighted by Crippen LogP contribution is -2.39. The summed E-state index contributed by atoms with van der Waals surface area (Å²) in [4.78, 5) is 2.61. The van der Waals surface area contributed by atoms with Crippen LogP contribution in [-0.4, -0.2) is 30.6 Å². The quantitative estimate of drug-likeness (QED) is 0.837. The van der Waals surface area contributed by atoms with E-state index in [1.807, 2.05) is 0 Å². The smallest absolute Gasteiger partial charge is 0.0345 e. The molecule has 1 heterocycles. The van der Waals surface area contributed by atoms with Crippen molar-refractivity contribution in [3.8, 4) is 0 Å². The van der Waals surface area contributed by atoms with Crippen molar-refractivity contribution < 1.29 is 0 Å². The van der Waals surface area contributed by atoms with Gasteiger partial charge in [0.25, 0.3) is 0 Å². The maximum atomic E-state index is 3.71. The molecule has 2 nitrogen and oxygen atoms in total. The van der Waals surface area contributed by atoms with Crippen LogP contribution >= 0.6 is 0 Å². The van der Waals surface area contributed by atoms with Gasteiger partial charge in [0.05, 0.1) is 0 Å². The Balaban J connectivity index is 1.84. The highest BCUT2D eigenvalue weighted by Crippen LogP contribution is 2.23. The average Bonchev–Trinajstić information content (AvgIpc) is 2.48. The Morgan fingerprint density at radius 3 is 2.65 bits per heavy atom. The van der Waals surface area contributed by atoms with Gasteiger partial charge in [0.2, 0.25) is 0 Å². The Hall–Kier alpha value is -1.02. The zero-order valence-electron chi connectivity index (χ0n) is 13.4. The number of hydrogen-bond donors (Lipinski definition) is 1. The highest BCUT2D eigenvalue weighted by molar-refractivity contribution is 5.46. The molecule has 1 aromatic rings. The minimum Gasteiger partial charge on any atom is -0.382 e. The van der Waals surface area contributed by atoms with Crippen molar-refractivity contribution in [3.63, 3.8) is 0 Å². The summed E-state index contributed by atoms with van der Waals surface area (Å²) in [5.74, 6) is 0.813. The van der Waals surface area contributed by atoms with Crippen LogP contribution in [0.1, 0.15) is 45.6 Å². The van der Waals surface area contributed by atoms with Gasteiger partial charge < -0.3 is 10.2 Å². The molecule has 1 aliphatic rings. The second-order valence-corrected chi connectivity index (χ2v) is 6.17. The monoisotopic (exact) mass is 274 g/mol. The van der Waals surface area contributed by atoms with Gasteiger partial charge in [-0.1, -0.05) is 26.0 Å². The van der Waals surface area contributed by atoms with E-state index in [-0.39, 0.29) is 0 Å². The second kappa shape index (κ2) is 7.68. The number of anilines is 1. The largest absolute Gasteiger partial charge is 0.382 e. The predicted octanol–water partition coefficient (Wildman–Crippen LogP) is 4.17. The van der Waals surface area contributed by atoms with Crippen LogP contribution in [0.2, 0.25) is 0 Å². The number of likely N-dealkylation sites (tertiary alicyclic amines) is 1. The summed E-state index contributed by atoms with van der Waals surface area (Å²) in [6.45, 7) is 10.7. The molecule has 1 aromatic carbocycles. The van der Waals surface area contributed by atoms with Crippen LogP contribution in [0.4, 0.5) is 5.69 Å². The van der Waals surface area contributed by atoms with E-state index in [1.165, 1.54) is 50.1 Å². The fraction of sp³-hybridized carbons (Fsp3) is 0.667. The SMILES string of the molecule is CCCN1CCC(C(C)Nc2cccc(CC)c2)CC1. The minimum atomic E-state index is 0.575. The van der Waals surface area contributed by atoms with Crippen LogP contribution < -0.4 is 5.32 Å². The third kappa shape index (κ3) is 4.24. The van der Waals surface area contributed by atoms with Crippen LogP contribution in [0.3, 0.4) is 0 Å². The number of nitrogens with zero attached hydrogens (tertiary/aromatic N) is 1. The lowest BCUT2D eigenvalue weighted by Gasteiger charge is -2.35. The lowest BCUT2D eigenvalue weighted by molar-refractivity contribution is 0.176. The van der Waals surface area contributed by atoms with Crippen molar-refractivity contribution >= 4 is 5.69 Å². The van der Waals surface area contributed by atoms with E-state index >= 15 is 0 Å². The fourth-order valence-electron chi connectivity index (χ4n) is 3.25. The van der Waals surface area contributed by atoms with E-state index in [9.17, 15) is 0 Å². The van der Waals surface area contributed by atoms with Crippen LogP contribution in [0.5, 0.6) is 0 Å². The molecule has 1 aliphatic heterocycles. The van der Waals surface area contributed by atoms with E-state index in [4.69, 9.17) is 0 Å². The summed E-state index contributed by atoms with van der Waals surface area (Å²) < 4.78 is 0. The molecule has 0 saturated carbocycles. The molecule has 0 spiro atoms. The maximum Gasteiger partial charge on any atom is 0.0345 e. The van der Waals surface area contributed by atoms with E-state index < -0.39 is 0 Å². The molecule has 1 unspecified atom stereocenters. The molecule has 1 saturated heterocycles. The minimum absolute atomic E-state index is 0.575. The van der Waals surface area contributed by atoms with Gasteiger partial charge in [0.1, 0.15) is 0 Å². The summed E-state index contributed by atoms with van der Waals surface area (Å²) >= 11 is 0.